The largest absolute Gasteiger partial charge is 0.339 e. The van der Waals surface area contributed by atoms with Crippen LogP contribution >= 0.6 is 23.5 Å². The minimum Gasteiger partial charge on any atom is -0.339 e. The summed E-state index contributed by atoms with van der Waals surface area (Å²) in [4.78, 5) is 4.60. The van der Waals surface area contributed by atoms with Crippen LogP contribution in [0.5, 0.6) is 0 Å². The van der Waals surface area contributed by atoms with Crippen LogP contribution in [-0.2, 0) is 0 Å². The second kappa shape index (κ2) is 6.82. The van der Waals surface area contributed by atoms with Gasteiger partial charge >= 0.3 is 0 Å². The number of thioether (sulfide) groups is 2. The molecule has 0 amide bonds. The van der Waals surface area contributed by atoms with E-state index in [4.69, 9.17) is 4.52 Å². The molecule has 0 aliphatic carbocycles. The van der Waals surface area contributed by atoms with Crippen molar-refractivity contribution < 1.29 is 4.52 Å². The van der Waals surface area contributed by atoms with Gasteiger partial charge in [-0.2, -0.15) is 16.7 Å². The van der Waals surface area contributed by atoms with E-state index in [1.165, 1.54) is 11.5 Å². The van der Waals surface area contributed by atoms with E-state index in [0.717, 1.165) is 23.9 Å². The first-order valence-corrected chi connectivity index (χ1v) is 8.66. The average Bonchev–Trinajstić information content (AvgIpc) is 2.90. The third-order valence-corrected chi connectivity index (χ3v) is 6.12. The van der Waals surface area contributed by atoms with Crippen LogP contribution in [0.2, 0.25) is 0 Å². The number of hydrogen-bond acceptors (Lipinski definition) is 6. The van der Waals surface area contributed by atoms with Crippen LogP contribution in [0.3, 0.4) is 0 Å². The lowest BCUT2D eigenvalue weighted by Crippen LogP contribution is -2.30. The molecule has 6 heteroatoms. The molecule has 3 atom stereocenters. The average molecular weight is 287 g/mol. The standard InChI is InChI=1S/C12H21N3OS2/c1-4-9(13-3)8(2)12-14-11(15-16-12)10-7-17-5-6-18-10/h8-10,13H,4-7H2,1-3H3. The lowest BCUT2D eigenvalue weighted by molar-refractivity contribution is 0.324. The van der Waals surface area contributed by atoms with Crippen LogP contribution < -0.4 is 5.32 Å². The molecule has 0 radical (unpaired) electrons. The molecule has 2 heterocycles. The van der Waals surface area contributed by atoms with E-state index in [1.54, 1.807) is 0 Å². The van der Waals surface area contributed by atoms with E-state index in [0.29, 0.717) is 11.3 Å². The summed E-state index contributed by atoms with van der Waals surface area (Å²) in [5.41, 5.74) is 0. The van der Waals surface area contributed by atoms with E-state index in [-0.39, 0.29) is 5.92 Å². The monoisotopic (exact) mass is 287 g/mol. The molecular weight excluding hydrogens is 266 g/mol. The van der Waals surface area contributed by atoms with Gasteiger partial charge in [0.05, 0.1) is 11.2 Å². The zero-order chi connectivity index (χ0) is 13.0. The first-order valence-electron chi connectivity index (χ1n) is 6.46. The first kappa shape index (κ1) is 14.2. The zero-order valence-corrected chi connectivity index (χ0v) is 12.8. The Bertz CT molecular complexity index is 362. The van der Waals surface area contributed by atoms with Gasteiger partial charge < -0.3 is 9.84 Å². The van der Waals surface area contributed by atoms with Crippen LogP contribution in [0.25, 0.3) is 0 Å². The highest BCUT2D eigenvalue weighted by atomic mass is 32.2. The molecule has 0 bridgehead atoms. The third kappa shape index (κ3) is 3.22. The Hall–Kier alpha value is -0.200. The minimum atomic E-state index is 0.266. The number of aromatic nitrogens is 2. The van der Waals surface area contributed by atoms with Crippen molar-refractivity contribution in [2.45, 2.75) is 37.5 Å². The maximum Gasteiger partial charge on any atom is 0.231 e. The summed E-state index contributed by atoms with van der Waals surface area (Å²) < 4.78 is 5.44. The first-order chi connectivity index (χ1) is 8.76. The smallest absolute Gasteiger partial charge is 0.231 e. The fourth-order valence-electron chi connectivity index (χ4n) is 2.18. The van der Waals surface area contributed by atoms with Gasteiger partial charge in [0.2, 0.25) is 5.89 Å². The second-order valence-electron chi connectivity index (χ2n) is 4.52. The summed E-state index contributed by atoms with van der Waals surface area (Å²) in [6.45, 7) is 4.31. The van der Waals surface area contributed by atoms with Gasteiger partial charge in [-0.3, -0.25) is 0 Å². The highest BCUT2D eigenvalue weighted by Crippen LogP contribution is 2.35. The van der Waals surface area contributed by atoms with Gasteiger partial charge in [-0.25, -0.2) is 0 Å². The van der Waals surface area contributed by atoms with Crippen LogP contribution in [0.1, 0.15) is 43.2 Å². The van der Waals surface area contributed by atoms with Crippen LogP contribution in [0.15, 0.2) is 4.52 Å². The van der Waals surface area contributed by atoms with E-state index in [9.17, 15) is 0 Å². The lowest BCUT2D eigenvalue weighted by Gasteiger charge is -2.19. The highest BCUT2D eigenvalue weighted by molar-refractivity contribution is 8.06. The molecule has 0 aromatic carbocycles. The van der Waals surface area contributed by atoms with Crippen molar-refractivity contribution in [1.29, 1.82) is 0 Å². The lowest BCUT2D eigenvalue weighted by atomic mass is 10.00. The summed E-state index contributed by atoms with van der Waals surface area (Å²) >= 11 is 3.92. The Labute approximate surface area is 117 Å². The maximum absolute atomic E-state index is 5.44. The van der Waals surface area contributed by atoms with Crippen LogP contribution in [0.4, 0.5) is 0 Å². The molecule has 2 rings (SSSR count). The van der Waals surface area contributed by atoms with Gasteiger partial charge in [-0.1, -0.05) is 19.0 Å². The molecule has 3 unspecified atom stereocenters. The van der Waals surface area contributed by atoms with E-state index in [1.807, 2.05) is 30.6 Å². The van der Waals surface area contributed by atoms with Crippen molar-refractivity contribution in [3.8, 4) is 0 Å². The Morgan fingerprint density at radius 3 is 2.94 bits per heavy atom. The summed E-state index contributed by atoms with van der Waals surface area (Å²) in [7, 11) is 1.98. The van der Waals surface area contributed by atoms with Gasteiger partial charge in [0.1, 0.15) is 0 Å². The maximum atomic E-state index is 5.44. The third-order valence-electron chi connectivity index (χ3n) is 3.37. The second-order valence-corrected chi connectivity index (χ2v) is 6.98. The topological polar surface area (TPSA) is 51.0 Å². The molecule has 4 nitrogen and oxygen atoms in total. The van der Waals surface area contributed by atoms with E-state index in [2.05, 4.69) is 29.3 Å². The van der Waals surface area contributed by atoms with Gasteiger partial charge in [0.25, 0.3) is 0 Å². The van der Waals surface area contributed by atoms with Crippen LogP contribution in [-0.4, -0.2) is 40.5 Å². The Morgan fingerprint density at radius 1 is 1.50 bits per heavy atom. The van der Waals surface area contributed by atoms with Gasteiger partial charge in [-0.05, 0) is 13.5 Å². The predicted octanol–water partition coefficient (Wildman–Crippen LogP) is 2.69. The Kier molecular flexibility index (Phi) is 5.38. The molecule has 1 aliphatic rings. The Morgan fingerprint density at radius 2 is 2.33 bits per heavy atom. The van der Waals surface area contributed by atoms with Gasteiger partial charge in [0, 0.05) is 23.3 Å². The molecule has 1 fully saturated rings. The number of likely N-dealkylation sites (N-methyl/N-ethyl adjacent to an activating group) is 1. The molecule has 1 saturated heterocycles. The normalized spacial score (nSPS) is 23.8. The summed E-state index contributed by atoms with van der Waals surface area (Å²) in [5, 5.41) is 7.87. The van der Waals surface area contributed by atoms with Gasteiger partial charge in [0.15, 0.2) is 5.82 Å². The molecule has 1 N–H and O–H groups in total. The van der Waals surface area contributed by atoms with Crippen molar-refractivity contribution in [3.63, 3.8) is 0 Å². The molecule has 18 heavy (non-hydrogen) atoms. The minimum absolute atomic E-state index is 0.266. The number of nitrogens with one attached hydrogen (secondary N) is 1. The van der Waals surface area contributed by atoms with Gasteiger partial charge in [-0.15, -0.1) is 11.8 Å². The molecule has 1 aromatic heterocycles. The summed E-state index contributed by atoms with van der Waals surface area (Å²) in [5.74, 6) is 5.43. The number of hydrogen-bond donors (Lipinski definition) is 1. The molecule has 0 spiro atoms. The SMILES string of the molecule is CCC(NC)C(C)c1nc(C2CSCCS2)no1. The molecular formula is C12H21N3OS2. The molecule has 0 saturated carbocycles. The Balaban J connectivity index is 2.04. The van der Waals surface area contributed by atoms with Crippen molar-refractivity contribution in [3.05, 3.63) is 11.7 Å². The summed E-state index contributed by atoms with van der Waals surface area (Å²) in [6, 6.07) is 0.395. The van der Waals surface area contributed by atoms with Crippen molar-refractivity contribution in [1.82, 2.24) is 15.5 Å². The highest BCUT2D eigenvalue weighted by Gasteiger charge is 2.26. The quantitative estimate of drug-likeness (QED) is 0.898. The zero-order valence-electron chi connectivity index (χ0n) is 11.2. The van der Waals surface area contributed by atoms with E-state index >= 15 is 0 Å². The number of nitrogens with zero attached hydrogens (tertiary/aromatic N) is 2. The van der Waals surface area contributed by atoms with E-state index < -0.39 is 0 Å². The fourth-order valence-corrected chi connectivity index (χ4v) is 4.77. The molecule has 102 valence electrons. The molecule has 1 aliphatic heterocycles. The fraction of sp³-hybridized carbons (Fsp3) is 0.833. The van der Waals surface area contributed by atoms with Crippen molar-refractivity contribution >= 4 is 23.5 Å². The predicted molar refractivity (Wildman–Crippen MR) is 78.4 cm³/mol. The van der Waals surface area contributed by atoms with Crippen molar-refractivity contribution in [2.24, 2.45) is 0 Å². The molecule has 1 aromatic rings. The van der Waals surface area contributed by atoms with Crippen LogP contribution in [0, 0.1) is 0 Å². The summed E-state index contributed by atoms with van der Waals surface area (Å²) in [6.07, 6.45) is 1.06. The van der Waals surface area contributed by atoms with Crippen molar-refractivity contribution in [2.75, 3.05) is 24.3 Å². The number of rotatable bonds is 5.